The number of hydrogen-bond acceptors (Lipinski definition) is 1. The van der Waals surface area contributed by atoms with Crippen molar-refractivity contribution in [2.45, 2.75) is 12.8 Å². The van der Waals surface area contributed by atoms with Crippen LogP contribution >= 0.6 is 0 Å². The molecule has 1 amide bonds. The Morgan fingerprint density at radius 1 is 1.25 bits per heavy atom. The van der Waals surface area contributed by atoms with Gasteiger partial charge in [-0.1, -0.05) is 18.2 Å². The maximum absolute atomic E-state index is 12.4. The number of hydrogen-bond donors (Lipinski definition) is 0. The van der Waals surface area contributed by atoms with Crippen LogP contribution in [0.1, 0.15) is 23.2 Å². The average molecular weight is 221 g/mol. The zero-order valence-electron chi connectivity index (χ0n) is 9.23. The molecule has 1 aromatic carbocycles. The molecule has 0 spiro atoms. The van der Waals surface area contributed by atoms with Crippen molar-refractivity contribution in [2.24, 2.45) is 5.92 Å². The minimum absolute atomic E-state index is 0.0675. The van der Waals surface area contributed by atoms with E-state index in [-0.39, 0.29) is 18.5 Å². The zero-order chi connectivity index (χ0) is 11.4. The van der Waals surface area contributed by atoms with E-state index >= 15 is 0 Å². The van der Waals surface area contributed by atoms with Gasteiger partial charge >= 0.3 is 0 Å². The molecule has 1 heterocycles. The molecule has 1 aliphatic rings. The van der Waals surface area contributed by atoms with Crippen molar-refractivity contribution in [2.75, 3.05) is 19.8 Å². The third-order valence-electron chi connectivity index (χ3n) is 3.14. The van der Waals surface area contributed by atoms with Gasteiger partial charge in [0.25, 0.3) is 5.91 Å². The largest absolute Gasteiger partial charge is 0.339 e. The second-order valence-corrected chi connectivity index (χ2v) is 4.26. The highest BCUT2D eigenvalue weighted by molar-refractivity contribution is 5.94. The average Bonchev–Trinajstić information content (AvgIpc) is 2.39. The molecule has 0 aromatic heterocycles. The number of benzene rings is 1. The lowest BCUT2D eigenvalue weighted by molar-refractivity contribution is 0.0678. The zero-order valence-corrected chi connectivity index (χ0v) is 9.23. The van der Waals surface area contributed by atoms with Crippen LogP contribution in [0.15, 0.2) is 30.3 Å². The van der Waals surface area contributed by atoms with Crippen LogP contribution in [-0.2, 0) is 0 Å². The highest BCUT2D eigenvalue weighted by Gasteiger charge is 2.23. The molecule has 2 nitrogen and oxygen atoms in total. The Hall–Kier alpha value is -1.38. The molecule has 0 unspecified atom stereocenters. The minimum Gasteiger partial charge on any atom is -0.339 e. The molecule has 3 heteroatoms. The molecule has 0 radical (unpaired) electrons. The van der Waals surface area contributed by atoms with Gasteiger partial charge in [-0.05, 0) is 30.9 Å². The molecule has 16 heavy (non-hydrogen) atoms. The number of carbonyl (C=O) groups is 1. The van der Waals surface area contributed by atoms with Crippen molar-refractivity contribution in [1.82, 2.24) is 4.90 Å². The number of piperidine rings is 1. The number of nitrogens with zero attached hydrogens (tertiary/aromatic N) is 1. The van der Waals surface area contributed by atoms with Crippen molar-refractivity contribution < 1.29 is 9.18 Å². The first kappa shape index (κ1) is 11.1. The Kier molecular flexibility index (Phi) is 3.54. The van der Waals surface area contributed by atoms with Crippen LogP contribution in [-0.4, -0.2) is 30.6 Å². The summed E-state index contributed by atoms with van der Waals surface area (Å²) in [5.74, 6) is 0.220. The molecular formula is C13H16FNO. The highest BCUT2D eigenvalue weighted by Crippen LogP contribution is 2.19. The monoisotopic (exact) mass is 221 g/mol. The van der Waals surface area contributed by atoms with Crippen molar-refractivity contribution in [3.05, 3.63) is 35.9 Å². The molecule has 0 aliphatic carbocycles. The smallest absolute Gasteiger partial charge is 0.253 e. The molecule has 0 bridgehead atoms. The van der Waals surface area contributed by atoms with E-state index in [1.165, 1.54) is 0 Å². The predicted molar refractivity (Wildman–Crippen MR) is 61.0 cm³/mol. The fraction of sp³-hybridized carbons (Fsp3) is 0.462. The van der Waals surface area contributed by atoms with E-state index < -0.39 is 0 Å². The van der Waals surface area contributed by atoms with Crippen molar-refractivity contribution in [3.63, 3.8) is 0 Å². The quantitative estimate of drug-likeness (QED) is 0.751. The summed E-state index contributed by atoms with van der Waals surface area (Å²) in [5.41, 5.74) is 0.723. The normalized spacial score (nSPS) is 17.4. The topological polar surface area (TPSA) is 20.3 Å². The van der Waals surface area contributed by atoms with Gasteiger partial charge in [-0.15, -0.1) is 0 Å². The highest BCUT2D eigenvalue weighted by atomic mass is 19.1. The summed E-state index contributed by atoms with van der Waals surface area (Å²) in [6.07, 6.45) is 1.57. The molecule has 0 atom stereocenters. The summed E-state index contributed by atoms with van der Waals surface area (Å²) in [6, 6.07) is 9.27. The summed E-state index contributed by atoms with van der Waals surface area (Å²) >= 11 is 0. The van der Waals surface area contributed by atoms with Crippen LogP contribution in [0.5, 0.6) is 0 Å². The first-order chi connectivity index (χ1) is 7.81. The number of alkyl halides is 1. The van der Waals surface area contributed by atoms with Gasteiger partial charge < -0.3 is 4.90 Å². The minimum atomic E-state index is -0.257. The van der Waals surface area contributed by atoms with Crippen molar-refractivity contribution >= 4 is 5.91 Å². The third-order valence-corrected chi connectivity index (χ3v) is 3.14. The molecule has 0 saturated carbocycles. The predicted octanol–water partition coefficient (Wildman–Crippen LogP) is 2.51. The van der Waals surface area contributed by atoms with Gasteiger partial charge in [-0.2, -0.15) is 0 Å². The third kappa shape index (κ3) is 2.40. The van der Waals surface area contributed by atoms with E-state index in [0.717, 1.165) is 18.4 Å². The van der Waals surface area contributed by atoms with E-state index in [1.54, 1.807) is 0 Å². The molecule has 0 N–H and O–H groups in total. The van der Waals surface area contributed by atoms with Crippen molar-refractivity contribution in [3.8, 4) is 0 Å². The Labute approximate surface area is 95.1 Å². The molecule has 86 valence electrons. The number of rotatable bonds is 2. The van der Waals surface area contributed by atoms with E-state index in [1.807, 2.05) is 35.2 Å². The van der Waals surface area contributed by atoms with Gasteiger partial charge in [0, 0.05) is 18.7 Å². The van der Waals surface area contributed by atoms with Gasteiger partial charge in [0.15, 0.2) is 0 Å². The second-order valence-electron chi connectivity index (χ2n) is 4.26. The Morgan fingerprint density at radius 3 is 2.44 bits per heavy atom. The lowest BCUT2D eigenvalue weighted by atomic mass is 9.98. The number of halogens is 1. The van der Waals surface area contributed by atoms with Gasteiger partial charge in [-0.25, -0.2) is 0 Å². The summed E-state index contributed by atoms with van der Waals surface area (Å²) < 4.78 is 12.4. The van der Waals surface area contributed by atoms with Crippen LogP contribution in [0.25, 0.3) is 0 Å². The van der Waals surface area contributed by atoms with Gasteiger partial charge in [-0.3, -0.25) is 9.18 Å². The molecule has 1 saturated heterocycles. The lowest BCUT2D eigenvalue weighted by Crippen LogP contribution is -2.38. The van der Waals surface area contributed by atoms with E-state index in [0.29, 0.717) is 13.1 Å². The first-order valence-electron chi connectivity index (χ1n) is 5.71. The standard InChI is InChI=1S/C13H16FNO/c14-10-11-6-8-15(9-7-11)13(16)12-4-2-1-3-5-12/h1-5,11H,6-10H2. The number of carbonyl (C=O) groups excluding carboxylic acids is 1. The molecule has 1 aliphatic heterocycles. The lowest BCUT2D eigenvalue weighted by Gasteiger charge is -2.30. The molecule has 1 aromatic rings. The Morgan fingerprint density at radius 2 is 1.88 bits per heavy atom. The van der Waals surface area contributed by atoms with Gasteiger partial charge in [0.1, 0.15) is 0 Å². The second kappa shape index (κ2) is 5.10. The van der Waals surface area contributed by atoms with Crippen LogP contribution in [0.4, 0.5) is 4.39 Å². The van der Waals surface area contributed by atoms with Crippen molar-refractivity contribution in [1.29, 1.82) is 0 Å². The van der Waals surface area contributed by atoms with Gasteiger partial charge in [0.05, 0.1) is 6.67 Å². The summed E-state index contributed by atoms with van der Waals surface area (Å²) in [4.78, 5) is 13.8. The van der Waals surface area contributed by atoms with E-state index in [2.05, 4.69) is 0 Å². The molecule has 1 fully saturated rings. The van der Waals surface area contributed by atoms with E-state index in [9.17, 15) is 9.18 Å². The summed E-state index contributed by atoms with van der Waals surface area (Å²) in [7, 11) is 0. The number of likely N-dealkylation sites (tertiary alicyclic amines) is 1. The fourth-order valence-corrected chi connectivity index (χ4v) is 2.05. The van der Waals surface area contributed by atoms with Crippen LogP contribution in [0.2, 0.25) is 0 Å². The van der Waals surface area contributed by atoms with Crippen LogP contribution < -0.4 is 0 Å². The fourth-order valence-electron chi connectivity index (χ4n) is 2.05. The summed E-state index contributed by atoms with van der Waals surface area (Å²) in [5, 5.41) is 0. The number of amides is 1. The van der Waals surface area contributed by atoms with Crippen LogP contribution in [0, 0.1) is 5.92 Å². The van der Waals surface area contributed by atoms with Gasteiger partial charge in [0.2, 0.25) is 0 Å². The summed E-state index contributed by atoms with van der Waals surface area (Å²) in [6.45, 7) is 1.11. The molecule has 2 rings (SSSR count). The Balaban J connectivity index is 1.97. The SMILES string of the molecule is O=C(c1ccccc1)N1CCC(CF)CC1. The van der Waals surface area contributed by atoms with Crippen LogP contribution in [0.3, 0.4) is 0 Å². The Bertz CT molecular complexity index is 344. The van der Waals surface area contributed by atoms with E-state index in [4.69, 9.17) is 0 Å². The maximum Gasteiger partial charge on any atom is 0.253 e. The first-order valence-corrected chi connectivity index (χ1v) is 5.71. The molecular weight excluding hydrogens is 205 g/mol. The maximum atomic E-state index is 12.4.